The number of aromatic nitrogens is 2. The van der Waals surface area contributed by atoms with Crippen LogP contribution in [0.4, 0.5) is 11.5 Å². The molecule has 0 bridgehead atoms. The molecule has 1 heterocycles. The fourth-order valence-electron chi connectivity index (χ4n) is 2.84. The van der Waals surface area contributed by atoms with Gasteiger partial charge in [0.25, 0.3) is 0 Å². The van der Waals surface area contributed by atoms with Crippen molar-refractivity contribution in [3.8, 4) is 0 Å². The average molecular weight is 266 g/mol. The van der Waals surface area contributed by atoms with E-state index in [1.807, 2.05) is 18.5 Å². The first-order valence-corrected chi connectivity index (χ1v) is 7.23. The monoisotopic (exact) mass is 266 g/mol. The Morgan fingerprint density at radius 3 is 2.63 bits per heavy atom. The molecular weight excluding hydrogens is 240 g/mol. The molecule has 1 aromatic heterocycles. The van der Waals surface area contributed by atoms with Crippen molar-refractivity contribution in [3.05, 3.63) is 5.69 Å². The Bertz CT molecular complexity index is 433. The van der Waals surface area contributed by atoms with Crippen LogP contribution < -0.4 is 11.1 Å². The minimum absolute atomic E-state index is 0.146. The van der Waals surface area contributed by atoms with Gasteiger partial charge in [-0.2, -0.15) is 5.10 Å². The maximum absolute atomic E-state index is 9.82. The zero-order valence-electron chi connectivity index (χ0n) is 12.2. The summed E-state index contributed by atoms with van der Waals surface area (Å²) in [5.41, 5.74) is 7.42. The molecular formula is C14H26N4O. The molecule has 0 aliphatic heterocycles. The van der Waals surface area contributed by atoms with Gasteiger partial charge in [0, 0.05) is 6.54 Å². The van der Waals surface area contributed by atoms with Gasteiger partial charge in [0.15, 0.2) is 0 Å². The number of aryl methyl sites for hydroxylation is 2. The van der Waals surface area contributed by atoms with Crippen LogP contribution in [0.25, 0.3) is 0 Å². The SMILES string of the molecule is CCn1nc(C)c(N)c1NC1(CO)CCC(C)CC1. The van der Waals surface area contributed by atoms with Crippen LogP contribution in [0, 0.1) is 12.8 Å². The quantitative estimate of drug-likeness (QED) is 0.780. The fraction of sp³-hybridized carbons (Fsp3) is 0.786. The first-order valence-electron chi connectivity index (χ1n) is 7.23. The Labute approximate surface area is 115 Å². The van der Waals surface area contributed by atoms with E-state index >= 15 is 0 Å². The summed E-state index contributed by atoms with van der Waals surface area (Å²) in [6.07, 6.45) is 4.26. The summed E-state index contributed by atoms with van der Waals surface area (Å²) in [6, 6.07) is 0. The Morgan fingerprint density at radius 1 is 1.47 bits per heavy atom. The summed E-state index contributed by atoms with van der Waals surface area (Å²) in [6.45, 7) is 7.16. The van der Waals surface area contributed by atoms with Crippen LogP contribution >= 0.6 is 0 Å². The van der Waals surface area contributed by atoms with Crippen LogP contribution in [0.3, 0.4) is 0 Å². The molecule has 1 aromatic rings. The molecule has 0 spiro atoms. The van der Waals surface area contributed by atoms with Crippen LogP contribution in [0.5, 0.6) is 0 Å². The molecule has 1 saturated carbocycles. The van der Waals surface area contributed by atoms with Crippen LogP contribution in [-0.4, -0.2) is 27.0 Å². The largest absolute Gasteiger partial charge is 0.394 e. The Morgan fingerprint density at radius 2 is 2.11 bits per heavy atom. The van der Waals surface area contributed by atoms with Crippen molar-refractivity contribution in [3.63, 3.8) is 0 Å². The summed E-state index contributed by atoms with van der Waals surface area (Å²) >= 11 is 0. The van der Waals surface area contributed by atoms with E-state index in [2.05, 4.69) is 17.3 Å². The highest BCUT2D eigenvalue weighted by Gasteiger charge is 2.35. The number of hydrogen-bond donors (Lipinski definition) is 3. The van der Waals surface area contributed by atoms with Gasteiger partial charge in [0.1, 0.15) is 5.82 Å². The normalized spacial score (nSPS) is 27.5. The highest BCUT2D eigenvalue weighted by Crippen LogP contribution is 2.36. The van der Waals surface area contributed by atoms with E-state index < -0.39 is 0 Å². The molecule has 0 saturated heterocycles. The van der Waals surface area contributed by atoms with E-state index in [1.54, 1.807) is 0 Å². The molecule has 5 nitrogen and oxygen atoms in total. The number of hydrogen-bond acceptors (Lipinski definition) is 4. The predicted molar refractivity (Wildman–Crippen MR) is 78.1 cm³/mol. The lowest BCUT2D eigenvalue weighted by atomic mass is 9.77. The molecule has 0 atom stereocenters. The summed E-state index contributed by atoms with van der Waals surface area (Å²) in [7, 11) is 0. The van der Waals surface area contributed by atoms with E-state index in [4.69, 9.17) is 5.73 Å². The van der Waals surface area contributed by atoms with Gasteiger partial charge in [0.2, 0.25) is 0 Å². The maximum atomic E-state index is 9.82. The zero-order chi connectivity index (χ0) is 14.0. The minimum atomic E-state index is -0.236. The molecule has 0 radical (unpaired) electrons. The number of nitrogens with one attached hydrogen (secondary N) is 1. The lowest BCUT2D eigenvalue weighted by Gasteiger charge is -2.39. The van der Waals surface area contributed by atoms with Crippen LogP contribution in [0.15, 0.2) is 0 Å². The molecule has 0 aromatic carbocycles. The Hall–Kier alpha value is -1.23. The number of aliphatic hydroxyl groups is 1. The first kappa shape index (κ1) is 14.2. The molecule has 1 fully saturated rings. The van der Waals surface area contributed by atoms with Crippen molar-refractivity contribution in [2.75, 3.05) is 17.7 Å². The predicted octanol–water partition coefficient (Wildman–Crippen LogP) is 2.15. The molecule has 4 N–H and O–H groups in total. The topological polar surface area (TPSA) is 76.1 Å². The third-order valence-electron chi connectivity index (χ3n) is 4.39. The number of nitrogen functional groups attached to an aromatic ring is 1. The second-order valence-electron chi connectivity index (χ2n) is 5.91. The highest BCUT2D eigenvalue weighted by atomic mass is 16.3. The van der Waals surface area contributed by atoms with Crippen molar-refractivity contribution in [1.82, 2.24) is 9.78 Å². The molecule has 1 aliphatic rings. The highest BCUT2D eigenvalue weighted by molar-refractivity contribution is 5.65. The molecule has 0 amide bonds. The van der Waals surface area contributed by atoms with E-state index in [9.17, 15) is 5.11 Å². The van der Waals surface area contributed by atoms with Crippen molar-refractivity contribution >= 4 is 11.5 Å². The summed E-state index contributed by atoms with van der Waals surface area (Å²) < 4.78 is 1.89. The van der Waals surface area contributed by atoms with Gasteiger partial charge in [-0.25, -0.2) is 4.68 Å². The average Bonchev–Trinajstić information content (AvgIpc) is 2.69. The van der Waals surface area contributed by atoms with E-state index in [0.717, 1.165) is 49.7 Å². The molecule has 0 unspecified atom stereocenters. The minimum Gasteiger partial charge on any atom is -0.394 e. The Balaban J connectivity index is 2.23. The second kappa shape index (κ2) is 5.41. The standard InChI is InChI=1S/C14H26N4O/c1-4-18-13(12(15)11(3)17-18)16-14(9-19)7-5-10(2)6-8-14/h10,16,19H,4-9,15H2,1-3H3. The van der Waals surface area contributed by atoms with Gasteiger partial charge in [0.05, 0.1) is 23.5 Å². The van der Waals surface area contributed by atoms with E-state index in [0.29, 0.717) is 5.69 Å². The van der Waals surface area contributed by atoms with Gasteiger partial charge in [-0.05, 0) is 45.4 Å². The van der Waals surface area contributed by atoms with E-state index in [1.165, 1.54) is 0 Å². The maximum Gasteiger partial charge on any atom is 0.148 e. The van der Waals surface area contributed by atoms with Gasteiger partial charge < -0.3 is 16.2 Å². The van der Waals surface area contributed by atoms with Gasteiger partial charge >= 0.3 is 0 Å². The van der Waals surface area contributed by atoms with Crippen LogP contribution in [0.2, 0.25) is 0 Å². The Kier molecular flexibility index (Phi) is 4.04. The van der Waals surface area contributed by atoms with Gasteiger partial charge in [-0.15, -0.1) is 0 Å². The smallest absolute Gasteiger partial charge is 0.148 e. The third kappa shape index (κ3) is 2.71. The molecule has 19 heavy (non-hydrogen) atoms. The number of rotatable bonds is 4. The zero-order valence-corrected chi connectivity index (χ0v) is 12.2. The van der Waals surface area contributed by atoms with Crippen LogP contribution in [-0.2, 0) is 6.54 Å². The van der Waals surface area contributed by atoms with Gasteiger partial charge in [-0.3, -0.25) is 0 Å². The van der Waals surface area contributed by atoms with Crippen LogP contribution in [0.1, 0.15) is 45.2 Å². The molecule has 5 heteroatoms. The van der Waals surface area contributed by atoms with Crippen molar-refractivity contribution < 1.29 is 5.11 Å². The number of aliphatic hydroxyl groups excluding tert-OH is 1. The molecule has 2 rings (SSSR count). The summed E-state index contributed by atoms with van der Waals surface area (Å²) in [5, 5.41) is 17.7. The first-order chi connectivity index (χ1) is 9.01. The van der Waals surface area contributed by atoms with Crippen molar-refractivity contribution in [2.45, 2.75) is 58.5 Å². The number of anilines is 2. The lowest BCUT2D eigenvalue weighted by Crippen LogP contribution is -2.45. The number of nitrogens with zero attached hydrogens (tertiary/aromatic N) is 2. The van der Waals surface area contributed by atoms with Crippen molar-refractivity contribution in [2.24, 2.45) is 5.92 Å². The van der Waals surface area contributed by atoms with E-state index in [-0.39, 0.29) is 12.1 Å². The lowest BCUT2D eigenvalue weighted by molar-refractivity contribution is 0.154. The van der Waals surface area contributed by atoms with Crippen molar-refractivity contribution in [1.29, 1.82) is 0 Å². The fourth-order valence-corrected chi connectivity index (χ4v) is 2.84. The second-order valence-corrected chi connectivity index (χ2v) is 5.91. The number of nitrogens with two attached hydrogens (primary N) is 1. The third-order valence-corrected chi connectivity index (χ3v) is 4.39. The van der Waals surface area contributed by atoms with Gasteiger partial charge in [-0.1, -0.05) is 6.92 Å². The molecule has 1 aliphatic carbocycles. The summed E-state index contributed by atoms with van der Waals surface area (Å²) in [4.78, 5) is 0. The molecule has 108 valence electrons. The summed E-state index contributed by atoms with van der Waals surface area (Å²) in [5.74, 6) is 1.61.